The van der Waals surface area contributed by atoms with E-state index in [-0.39, 0.29) is 17.1 Å². The van der Waals surface area contributed by atoms with Gasteiger partial charge in [-0.2, -0.15) is 0 Å². The van der Waals surface area contributed by atoms with Gasteiger partial charge in [0.2, 0.25) is 0 Å². The van der Waals surface area contributed by atoms with Crippen molar-refractivity contribution < 1.29 is 22.5 Å². The van der Waals surface area contributed by atoms with E-state index < -0.39 is 40.5 Å². The first kappa shape index (κ1) is 14.1. The summed E-state index contributed by atoms with van der Waals surface area (Å²) in [6.07, 6.45) is 0. The van der Waals surface area contributed by atoms with E-state index in [0.717, 1.165) is 6.07 Å². The van der Waals surface area contributed by atoms with Crippen LogP contribution >= 0.6 is 0 Å². The SMILES string of the molecule is COC(=O)C1CS(=O)CC(c2cccc(F)c2F)N1. The quantitative estimate of drug-likeness (QED) is 0.822. The van der Waals surface area contributed by atoms with Gasteiger partial charge < -0.3 is 4.74 Å². The molecule has 0 spiro atoms. The molecule has 19 heavy (non-hydrogen) atoms. The van der Waals surface area contributed by atoms with Crippen molar-refractivity contribution in [1.82, 2.24) is 5.32 Å². The van der Waals surface area contributed by atoms with Gasteiger partial charge in [-0.25, -0.2) is 8.78 Å². The molecule has 0 aromatic heterocycles. The monoisotopic (exact) mass is 289 g/mol. The van der Waals surface area contributed by atoms with Gasteiger partial charge in [0, 0.05) is 33.9 Å². The average Bonchev–Trinajstić information content (AvgIpc) is 2.40. The molecule has 0 saturated carbocycles. The summed E-state index contributed by atoms with van der Waals surface area (Å²) < 4.78 is 43.2. The third kappa shape index (κ3) is 2.98. The highest BCUT2D eigenvalue weighted by Crippen LogP contribution is 2.23. The largest absolute Gasteiger partial charge is 0.468 e. The molecule has 0 amide bonds. The summed E-state index contributed by atoms with van der Waals surface area (Å²) >= 11 is 0. The smallest absolute Gasteiger partial charge is 0.323 e. The Balaban J connectivity index is 2.26. The lowest BCUT2D eigenvalue weighted by Gasteiger charge is -2.29. The third-order valence-electron chi connectivity index (χ3n) is 2.95. The molecule has 1 aromatic rings. The van der Waals surface area contributed by atoms with Crippen LogP contribution in [0, 0.1) is 11.6 Å². The van der Waals surface area contributed by atoms with Crippen LogP contribution in [0.25, 0.3) is 0 Å². The van der Waals surface area contributed by atoms with E-state index in [1.165, 1.54) is 19.2 Å². The normalized spacial score (nSPS) is 27.0. The number of hydrogen-bond donors (Lipinski definition) is 1. The van der Waals surface area contributed by atoms with Crippen LogP contribution in [-0.4, -0.2) is 34.8 Å². The zero-order valence-corrected chi connectivity index (χ0v) is 11.0. The fourth-order valence-electron chi connectivity index (χ4n) is 2.03. The number of benzene rings is 1. The summed E-state index contributed by atoms with van der Waals surface area (Å²) in [5.74, 6) is -2.27. The van der Waals surface area contributed by atoms with Crippen molar-refractivity contribution in [3.8, 4) is 0 Å². The van der Waals surface area contributed by atoms with Crippen molar-refractivity contribution in [2.24, 2.45) is 0 Å². The van der Waals surface area contributed by atoms with E-state index in [9.17, 15) is 17.8 Å². The van der Waals surface area contributed by atoms with E-state index >= 15 is 0 Å². The van der Waals surface area contributed by atoms with Crippen molar-refractivity contribution in [2.75, 3.05) is 18.6 Å². The van der Waals surface area contributed by atoms with Gasteiger partial charge in [-0.1, -0.05) is 12.1 Å². The predicted octanol–water partition coefficient (Wildman–Crippen LogP) is 0.899. The minimum Gasteiger partial charge on any atom is -0.468 e. The molecule has 1 aromatic carbocycles. The fourth-order valence-corrected chi connectivity index (χ4v) is 3.41. The third-order valence-corrected chi connectivity index (χ3v) is 4.36. The molecule has 1 saturated heterocycles. The number of carbonyl (C=O) groups is 1. The second-order valence-electron chi connectivity index (χ2n) is 4.21. The lowest BCUT2D eigenvalue weighted by Crippen LogP contribution is -2.50. The highest BCUT2D eigenvalue weighted by atomic mass is 32.2. The molecule has 104 valence electrons. The first-order chi connectivity index (χ1) is 9.02. The molecule has 1 aliphatic rings. The van der Waals surface area contributed by atoms with Crippen molar-refractivity contribution in [1.29, 1.82) is 0 Å². The van der Waals surface area contributed by atoms with Gasteiger partial charge in [0.05, 0.1) is 7.11 Å². The Morgan fingerprint density at radius 1 is 1.42 bits per heavy atom. The first-order valence-electron chi connectivity index (χ1n) is 5.65. The number of hydrogen-bond acceptors (Lipinski definition) is 4. The van der Waals surface area contributed by atoms with E-state index in [0.29, 0.717) is 0 Å². The molecule has 1 heterocycles. The lowest BCUT2D eigenvalue weighted by atomic mass is 10.1. The Morgan fingerprint density at radius 2 is 2.16 bits per heavy atom. The number of esters is 1. The van der Waals surface area contributed by atoms with Crippen LogP contribution < -0.4 is 5.32 Å². The van der Waals surface area contributed by atoms with Crippen LogP contribution in [0.1, 0.15) is 11.6 Å². The van der Waals surface area contributed by atoms with Gasteiger partial charge >= 0.3 is 5.97 Å². The Kier molecular flexibility index (Phi) is 4.26. The molecule has 0 bridgehead atoms. The Morgan fingerprint density at radius 3 is 2.84 bits per heavy atom. The van der Waals surface area contributed by atoms with Gasteiger partial charge in [-0.05, 0) is 6.07 Å². The summed E-state index contributed by atoms with van der Waals surface area (Å²) in [5, 5.41) is 2.84. The predicted molar refractivity (Wildman–Crippen MR) is 65.9 cm³/mol. The Hall–Kier alpha value is -1.34. The molecule has 1 N–H and O–H groups in total. The van der Waals surface area contributed by atoms with Crippen molar-refractivity contribution in [3.05, 3.63) is 35.4 Å². The van der Waals surface area contributed by atoms with E-state index in [2.05, 4.69) is 10.1 Å². The highest BCUT2D eigenvalue weighted by Gasteiger charge is 2.33. The number of nitrogens with one attached hydrogen (secondary N) is 1. The summed E-state index contributed by atoms with van der Waals surface area (Å²) in [4.78, 5) is 11.5. The molecular weight excluding hydrogens is 276 g/mol. The van der Waals surface area contributed by atoms with Crippen LogP contribution in [0.3, 0.4) is 0 Å². The van der Waals surface area contributed by atoms with E-state index in [4.69, 9.17) is 0 Å². The second kappa shape index (κ2) is 5.75. The first-order valence-corrected chi connectivity index (χ1v) is 7.14. The number of ether oxygens (including phenoxy) is 1. The van der Waals surface area contributed by atoms with Gasteiger partial charge in [0.15, 0.2) is 11.6 Å². The van der Waals surface area contributed by atoms with Crippen LogP contribution in [0.2, 0.25) is 0 Å². The van der Waals surface area contributed by atoms with Crippen LogP contribution in [-0.2, 0) is 20.3 Å². The summed E-state index contributed by atoms with van der Waals surface area (Å²) in [6, 6.07) is 2.35. The van der Waals surface area contributed by atoms with Crippen molar-refractivity contribution in [3.63, 3.8) is 0 Å². The van der Waals surface area contributed by atoms with Gasteiger partial charge in [-0.15, -0.1) is 0 Å². The van der Waals surface area contributed by atoms with Crippen LogP contribution in [0.15, 0.2) is 18.2 Å². The molecule has 3 atom stereocenters. The van der Waals surface area contributed by atoms with Gasteiger partial charge in [-0.3, -0.25) is 14.3 Å². The number of halogens is 2. The zero-order valence-electron chi connectivity index (χ0n) is 10.2. The molecule has 3 unspecified atom stereocenters. The van der Waals surface area contributed by atoms with Gasteiger partial charge in [0.1, 0.15) is 6.04 Å². The standard InChI is InChI=1S/C12H13F2NO3S/c1-18-12(16)10-6-19(17)5-9(15-10)7-3-2-4-8(13)11(7)14/h2-4,9-10,15H,5-6H2,1H3. The number of methoxy groups -OCH3 is 1. The average molecular weight is 289 g/mol. The summed E-state index contributed by atoms with van der Waals surface area (Å²) in [7, 11) is -0.0688. The molecule has 2 rings (SSSR count). The van der Waals surface area contributed by atoms with E-state index in [1.807, 2.05) is 0 Å². The molecular formula is C12H13F2NO3S. The topological polar surface area (TPSA) is 55.4 Å². The fraction of sp³-hybridized carbons (Fsp3) is 0.417. The maximum Gasteiger partial charge on any atom is 0.323 e. The Labute approximate surface area is 111 Å². The van der Waals surface area contributed by atoms with Crippen LogP contribution in [0.5, 0.6) is 0 Å². The summed E-state index contributed by atoms with van der Waals surface area (Å²) in [6.45, 7) is 0. The molecule has 7 heteroatoms. The minimum absolute atomic E-state index is 0.0713. The van der Waals surface area contributed by atoms with Crippen molar-refractivity contribution in [2.45, 2.75) is 12.1 Å². The summed E-state index contributed by atoms with van der Waals surface area (Å²) in [5.41, 5.74) is 0.0713. The molecule has 1 aliphatic heterocycles. The van der Waals surface area contributed by atoms with Gasteiger partial charge in [0.25, 0.3) is 0 Å². The molecule has 1 fully saturated rings. The maximum absolute atomic E-state index is 13.7. The molecule has 4 nitrogen and oxygen atoms in total. The van der Waals surface area contributed by atoms with Crippen LogP contribution in [0.4, 0.5) is 8.78 Å². The zero-order chi connectivity index (χ0) is 14.0. The lowest BCUT2D eigenvalue weighted by molar-refractivity contribution is -0.142. The minimum atomic E-state index is -1.29. The van der Waals surface area contributed by atoms with E-state index in [1.54, 1.807) is 0 Å². The molecule has 0 aliphatic carbocycles. The number of carbonyl (C=O) groups excluding carboxylic acids is 1. The maximum atomic E-state index is 13.7. The molecule has 0 radical (unpaired) electrons. The van der Waals surface area contributed by atoms with Crippen molar-refractivity contribution >= 4 is 16.8 Å². The highest BCUT2D eigenvalue weighted by molar-refractivity contribution is 7.85. The second-order valence-corrected chi connectivity index (χ2v) is 5.76. The number of rotatable bonds is 2. The Bertz CT molecular complexity index is 524.